The number of methoxy groups -OCH3 is 1. The van der Waals surface area contributed by atoms with Crippen molar-refractivity contribution >= 4 is 33.5 Å². The lowest BCUT2D eigenvalue weighted by molar-refractivity contribution is -0.139. The Morgan fingerprint density at radius 3 is 2.77 bits per heavy atom. The van der Waals surface area contributed by atoms with Gasteiger partial charge in [-0.05, 0) is 52.7 Å². The van der Waals surface area contributed by atoms with E-state index in [4.69, 9.17) is 26.2 Å². The lowest BCUT2D eigenvalue weighted by Crippen LogP contribution is -2.33. The Morgan fingerprint density at radius 2 is 2.15 bits per heavy atom. The van der Waals surface area contributed by atoms with Gasteiger partial charge in [0, 0.05) is 12.1 Å². The van der Waals surface area contributed by atoms with Gasteiger partial charge in [0.25, 0.3) is 0 Å². The van der Waals surface area contributed by atoms with Crippen LogP contribution in [0.5, 0.6) is 11.5 Å². The third-order valence-corrected chi connectivity index (χ3v) is 4.64. The van der Waals surface area contributed by atoms with Crippen LogP contribution in [0.15, 0.2) is 34.8 Å². The van der Waals surface area contributed by atoms with Gasteiger partial charge in [-0.25, -0.2) is 4.39 Å². The van der Waals surface area contributed by atoms with E-state index >= 15 is 0 Å². The van der Waals surface area contributed by atoms with Crippen molar-refractivity contribution in [3.63, 3.8) is 0 Å². The highest BCUT2D eigenvalue weighted by atomic mass is 79.9. The number of ether oxygens (including phenoxy) is 2. The van der Waals surface area contributed by atoms with E-state index in [-0.39, 0.29) is 17.2 Å². The summed E-state index contributed by atoms with van der Waals surface area (Å²) in [7, 11) is 1.49. The van der Waals surface area contributed by atoms with Crippen LogP contribution in [0.2, 0.25) is 5.02 Å². The van der Waals surface area contributed by atoms with Crippen molar-refractivity contribution in [1.29, 1.82) is 0 Å². The third-order valence-electron chi connectivity index (χ3n) is 3.69. The molecule has 1 atom stereocenters. The summed E-state index contributed by atoms with van der Waals surface area (Å²) in [5, 5.41) is 12.1. The van der Waals surface area contributed by atoms with E-state index in [2.05, 4.69) is 21.2 Å². The molecule has 0 saturated carbocycles. The summed E-state index contributed by atoms with van der Waals surface area (Å²) in [5.41, 5.74) is 1.06. The van der Waals surface area contributed by atoms with Crippen molar-refractivity contribution in [2.75, 3.05) is 7.11 Å². The SMILES string of the molecule is COc1cc(CNC(C)C(=O)O)cc(Br)c1OCc1c(F)cccc1Cl. The maximum absolute atomic E-state index is 13.9. The minimum atomic E-state index is -0.933. The van der Waals surface area contributed by atoms with Crippen molar-refractivity contribution in [2.45, 2.75) is 26.1 Å². The van der Waals surface area contributed by atoms with Crippen LogP contribution in [0, 0.1) is 5.82 Å². The number of nitrogens with one attached hydrogen (secondary N) is 1. The van der Waals surface area contributed by atoms with Gasteiger partial charge >= 0.3 is 5.97 Å². The molecule has 0 heterocycles. The second kappa shape index (κ2) is 9.21. The Labute approximate surface area is 164 Å². The number of hydrogen-bond acceptors (Lipinski definition) is 4. The fourth-order valence-corrected chi connectivity index (χ4v) is 3.01. The van der Waals surface area contributed by atoms with Gasteiger partial charge in [-0.2, -0.15) is 0 Å². The van der Waals surface area contributed by atoms with Crippen LogP contribution in [-0.2, 0) is 17.9 Å². The normalized spacial score (nSPS) is 11.9. The topological polar surface area (TPSA) is 67.8 Å². The number of halogens is 3. The van der Waals surface area contributed by atoms with E-state index in [1.54, 1.807) is 25.1 Å². The molecule has 26 heavy (non-hydrogen) atoms. The predicted octanol–water partition coefficient (Wildman–Crippen LogP) is 4.39. The quantitative estimate of drug-likeness (QED) is 0.629. The van der Waals surface area contributed by atoms with Crippen molar-refractivity contribution in [2.24, 2.45) is 0 Å². The number of carbonyl (C=O) groups is 1. The molecule has 8 heteroatoms. The minimum absolute atomic E-state index is 0.0614. The van der Waals surface area contributed by atoms with Gasteiger partial charge in [-0.1, -0.05) is 17.7 Å². The molecule has 2 aromatic carbocycles. The summed E-state index contributed by atoms with van der Waals surface area (Å²) in [6, 6.07) is 7.26. The first-order valence-electron chi connectivity index (χ1n) is 7.71. The Bertz CT molecular complexity index is 783. The summed E-state index contributed by atoms with van der Waals surface area (Å²) in [5.74, 6) is -0.540. The monoisotopic (exact) mass is 445 g/mol. The first kappa shape index (κ1) is 20.5. The zero-order valence-electron chi connectivity index (χ0n) is 14.2. The maximum Gasteiger partial charge on any atom is 0.320 e. The first-order valence-corrected chi connectivity index (χ1v) is 8.88. The van der Waals surface area contributed by atoms with E-state index in [0.29, 0.717) is 22.5 Å². The van der Waals surface area contributed by atoms with E-state index in [9.17, 15) is 9.18 Å². The average molecular weight is 447 g/mol. The van der Waals surface area contributed by atoms with Gasteiger partial charge in [0.1, 0.15) is 18.5 Å². The lowest BCUT2D eigenvalue weighted by Gasteiger charge is -2.16. The fraction of sp³-hybridized carbons (Fsp3) is 0.278. The third kappa shape index (κ3) is 5.09. The summed E-state index contributed by atoms with van der Waals surface area (Å²) in [4.78, 5) is 10.9. The molecule has 140 valence electrons. The van der Waals surface area contributed by atoms with Crippen LogP contribution < -0.4 is 14.8 Å². The van der Waals surface area contributed by atoms with E-state index in [1.807, 2.05) is 0 Å². The molecule has 5 nitrogen and oxygen atoms in total. The molecule has 0 aliphatic rings. The van der Waals surface area contributed by atoms with Gasteiger partial charge in [-0.15, -0.1) is 0 Å². The van der Waals surface area contributed by atoms with E-state index in [0.717, 1.165) is 5.56 Å². The molecular formula is C18H18BrClFNO4. The summed E-state index contributed by atoms with van der Waals surface area (Å²) in [6.07, 6.45) is 0. The Hall–Kier alpha value is -1.83. The standard InChI is InChI=1S/C18H18BrClFNO4/c1-10(18(23)24)22-8-11-6-13(19)17(16(7-11)25-2)26-9-12-14(20)4-3-5-15(12)21/h3-7,10,22H,8-9H2,1-2H3,(H,23,24). The van der Waals surface area contributed by atoms with Crippen molar-refractivity contribution in [1.82, 2.24) is 5.32 Å². The van der Waals surface area contributed by atoms with Crippen molar-refractivity contribution < 1.29 is 23.8 Å². The first-order chi connectivity index (χ1) is 12.3. The highest BCUT2D eigenvalue weighted by molar-refractivity contribution is 9.10. The van der Waals surface area contributed by atoms with E-state index < -0.39 is 17.8 Å². The second-order valence-electron chi connectivity index (χ2n) is 5.54. The van der Waals surface area contributed by atoms with Gasteiger partial charge in [0.15, 0.2) is 11.5 Å². The van der Waals surface area contributed by atoms with Crippen LogP contribution in [-0.4, -0.2) is 24.2 Å². The molecular weight excluding hydrogens is 429 g/mol. The van der Waals surface area contributed by atoms with Gasteiger partial charge in [0.2, 0.25) is 0 Å². The molecule has 0 radical (unpaired) electrons. The second-order valence-corrected chi connectivity index (χ2v) is 6.80. The van der Waals surface area contributed by atoms with Gasteiger partial charge in [0.05, 0.1) is 16.6 Å². The molecule has 0 amide bonds. The fourth-order valence-electron chi connectivity index (χ4n) is 2.19. The summed E-state index contributed by atoms with van der Waals surface area (Å²) >= 11 is 9.42. The van der Waals surface area contributed by atoms with Gasteiger partial charge < -0.3 is 19.9 Å². The smallest absolute Gasteiger partial charge is 0.320 e. The highest BCUT2D eigenvalue weighted by Gasteiger charge is 2.16. The summed E-state index contributed by atoms with van der Waals surface area (Å²) < 4.78 is 25.5. The molecule has 0 aromatic heterocycles. The molecule has 2 rings (SSSR count). The zero-order chi connectivity index (χ0) is 19.3. The molecule has 2 aromatic rings. The molecule has 0 fully saturated rings. The van der Waals surface area contributed by atoms with Crippen molar-refractivity contribution in [3.8, 4) is 11.5 Å². The Morgan fingerprint density at radius 1 is 1.42 bits per heavy atom. The van der Waals surface area contributed by atoms with Crippen LogP contribution in [0.3, 0.4) is 0 Å². The predicted molar refractivity (Wildman–Crippen MR) is 100 cm³/mol. The molecule has 0 spiro atoms. The number of aliphatic carboxylic acids is 1. The maximum atomic E-state index is 13.9. The van der Waals surface area contributed by atoms with Crippen LogP contribution in [0.25, 0.3) is 0 Å². The molecule has 0 aliphatic carbocycles. The largest absolute Gasteiger partial charge is 0.493 e. The molecule has 1 unspecified atom stereocenters. The molecule has 0 bridgehead atoms. The Kier molecular flexibility index (Phi) is 7.25. The number of carboxylic acid groups (broad SMARTS) is 1. The van der Waals surface area contributed by atoms with Crippen molar-refractivity contribution in [3.05, 3.63) is 56.8 Å². The number of benzene rings is 2. The molecule has 0 aliphatic heterocycles. The minimum Gasteiger partial charge on any atom is -0.493 e. The average Bonchev–Trinajstić information content (AvgIpc) is 2.59. The number of hydrogen-bond donors (Lipinski definition) is 2. The zero-order valence-corrected chi connectivity index (χ0v) is 16.5. The molecule has 0 saturated heterocycles. The number of rotatable bonds is 8. The Balaban J connectivity index is 2.17. The van der Waals surface area contributed by atoms with Crippen LogP contribution >= 0.6 is 27.5 Å². The van der Waals surface area contributed by atoms with Gasteiger partial charge in [-0.3, -0.25) is 4.79 Å². The highest BCUT2D eigenvalue weighted by Crippen LogP contribution is 2.37. The van der Waals surface area contributed by atoms with Crippen LogP contribution in [0.4, 0.5) is 4.39 Å². The van der Waals surface area contributed by atoms with E-state index in [1.165, 1.54) is 19.2 Å². The lowest BCUT2D eigenvalue weighted by atomic mass is 10.2. The summed E-state index contributed by atoms with van der Waals surface area (Å²) in [6.45, 7) is 1.83. The molecule has 2 N–H and O–H groups in total. The number of carboxylic acids is 1. The van der Waals surface area contributed by atoms with Crippen LogP contribution in [0.1, 0.15) is 18.1 Å².